The first-order valence-corrected chi connectivity index (χ1v) is 14.6. The molecule has 3 heterocycles. The van der Waals surface area contributed by atoms with Crippen molar-refractivity contribution in [1.82, 2.24) is 14.6 Å². The van der Waals surface area contributed by atoms with Crippen LogP contribution in [-0.2, 0) is 16.4 Å². The number of rotatable bonds is 6. The zero-order valence-corrected chi connectivity index (χ0v) is 23.2. The standard InChI is InChI=1S/C29H34N4O5S/c1-4-20-8-11-22(12-9-20)39(36,37)31-26-23-19-21(10-13-24(23)38-29(2,3)27(26)34)28(35)33-17-15-32(16-18-33)25-7-5-6-14-30-25/h5-14,19,26-27,31,34H,4,15-18H2,1-3H3/t26-,27+/m1/s1. The maximum absolute atomic E-state index is 13.5. The van der Waals surface area contributed by atoms with Crippen LogP contribution in [0.4, 0.5) is 5.82 Å². The van der Waals surface area contributed by atoms with Crippen LogP contribution in [-0.4, -0.2) is 67.2 Å². The van der Waals surface area contributed by atoms with Crippen molar-refractivity contribution in [3.8, 4) is 5.75 Å². The zero-order chi connectivity index (χ0) is 27.8. The Balaban J connectivity index is 1.39. The van der Waals surface area contributed by atoms with Gasteiger partial charge in [-0.05, 0) is 68.3 Å². The maximum Gasteiger partial charge on any atom is 0.253 e. The van der Waals surface area contributed by atoms with E-state index in [1.165, 1.54) is 0 Å². The molecular weight excluding hydrogens is 516 g/mol. The minimum atomic E-state index is -3.97. The first-order chi connectivity index (χ1) is 18.6. The lowest BCUT2D eigenvalue weighted by Gasteiger charge is -2.42. The summed E-state index contributed by atoms with van der Waals surface area (Å²) < 4.78 is 35.4. The lowest BCUT2D eigenvalue weighted by Crippen LogP contribution is -2.53. The first-order valence-electron chi connectivity index (χ1n) is 13.2. The second-order valence-corrected chi connectivity index (χ2v) is 12.2. The number of nitrogens with one attached hydrogen (secondary N) is 1. The second kappa shape index (κ2) is 10.6. The molecule has 1 amide bonds. The maximum atomic E-state index is 13.5. The Kier molecular flexibility index (Phi) is 7.37. The van der Waals surface area contributed by atoms with Crippen molar-refractivity contribution in [2.24, 2.45) is 0 Å². The Hall–Kier alpha value is -3.47. The van der Waals surface area contributed by atoms with E-state index in [-0.39, 0.29) is 10.8 Å². The molecule has 0 spiro atoms. The number of piperazine rings is 1. The lowest BCUT2D eigenvalue weighted by molar-refractivity contribution is -0.0603. The van der Waals surface area contributed by atoms with Crippen molar-refractivity contribution >= 4 is 21.7 Å². The van der Waals surface area contributed by atoms with Gasteiger partial charge in [-0.1, -0.05) is 25.1 Å². The second-order valence-electron chi connectivity index (χ2n) is 10.5. The molecule has 2 aliphatic rings. The highest BCUT2D eigenvalue weighted by Gasteiger charge is 2.45. The summed E-state index contributed by atoms with van der Waals surface area (Å²) in [6.45, 7) is 7.78. The molecule has 2 aromatic carbocycles. The number of carbonyl (C=O) groups is 1. The van der Waals surface area contributed by atoms with Gasteiger partial charge in [0.05, 0.1) is 10.9 Å². The van der Waals surface area contributed by atoms with Crippen LogP contribution in [0.5, 0.6) is 5.75 Å². The number of hydrogen-bond acceptors (Lipinski definition) is 7. The monoisotopic (exact) mass is 550 g/mol. The Morgan fingerprint density at radius 1 is 1.08 bits per heavy atom. The number of carbonyl (C=O) groups excluding carboxylic acids is 1. The number of aromatic nitrogens is 1. The summed E-state index contributed by atoms with van der Waals surface area (Å²) in [7, 11) is -3.97. The summed E-state index contributed by atoms with van der Waals surface area (Å²) in [5.74, 6) is 1.15. The Morgan fingerprint density at radius 3 is 2.44 bits per heavy atom. The fourth-order valence-corrected chi connectivity index (χ4v) is 6.28. The number of anilines is 1. The predicted molar refractivity (Wildman–Crippen MR) is 148 cm³/mol. The molecule has 3 aromatic rings. The Bertz CT molecular complexity index is 1440. The van der Waals surface area contributed by atoms with Crippen LogP contribution in [0.1, 0.15) is 48.3 Å². The van der Waals surface area contributed by atoms with Gasteiger partial charge in [0.25, 0.3) is 5.91 Å². The molecule has 2 N–H and O–H groups in total. The average Bonchev–Trinajstić information content (AvgIpc) is 2.95. The summed E-state index contributed by atoms with van der Waals surface area (Å²) in [6, 6.07) is 16.4. The molecular formula is C29H34N4O5S. The van der Waals surface area contributed by atoms with Crippen molar-refractivity contribution in [1.29, 1.82) is 0 Å². The van der Waals surface area contributed by atoms with Crippen LogP contribution in [0, 0.1) is 0 Å². The third kappa shape index (κ3) is 5.50. The van der Waals surface area contributed by atoms with E-state index in [0.717, 1.165) is 17.8 Å². The smallest absolute Gasteiger partial charge is 0.253 e. The number of fused-ring (bicyclic) bond motifs is 1. The lowest BCUT2D eigenvalue weighted by atomic mass is 9.86. The number of hydrogen-bond donors (Lipinski definition) is 2. The van der Waals surface area contributed by atoms with E-state index in [4.69, 9.17) is 4.74 Å². The fraction of sp³-hybridized carbons (Fsp3) is 0.379. The summed E-state index contributed by atoms with van der Waals surface area (Å²) in [4.78, 5) is 21.9. The SMILES string of the molecule is CCc1ccc(S(=O)(=O)N[C@@H]2c3cc(C(=O)N4CCN(c5ccccn5)CC4)ccc3OC(C)(C)[C@H]2O)cc1. The van der Waals surface area contributed by atoms with Gasteiger partial charge in [0.1, 0.15) is 23.3 Å². The van der Waals surface area contributed by atoms with E-state index < -0.39 is 27.8 Å². The van der Waals surface area contributed by atoms with Gasteiger partial charge in [0.2, 0.25) is 10.0 Å². The number of nitrogens with zero attached hydrogens (tertiary/aromatic N) is 3. The van der Waals surface area contributed by atoms with Gasteiger partial charge in [0.15, 0.2) is 0 Å². The molecule has 1 saturated heterocycles. The van der Waals surface area contributed by atoms with Gasteiger partial charge < -0.3 is 19.6 Å². The molecule has 0 bridgehead atoms. The van der Waals surface area contributed by atoms with Crippen LogP contribution in [0.2, 0.25) is 0 Å². The van der Waals surface area contributed by atoms with E-state index in [0.29, 0.717) is 43.1 Å². The topological polar surface area (TPSA) is 112 Å². The number of aliphatic hydroxyl groups excluding tert-OH is 1. The Labute approximate surface area is 229 Å². The highest BCUT2D eigenvalue weighted by molar-refractivity contribution is 7.89. The molecule has 5 rings (SSSR count). The zero-order valence-electron chi connectivity index (χ0n) is 22.4. The average molecular weight is 551 g/mol. The molecule has 1 aromatic heterocycles. The van der Waals surface area contributed by atoms with Crippen molar-refractivity contribution < 1.29 is 23.1 Å². The van der Waals surface area contributed by atoms with Crippen LogP contribution in [0.15, 0.2) is 71.8 Å². The van der Waals surface area contributed by atoms with Crippen LogP contribution < -0.4 is 14.4 Å². The van der Waals surface area contributed by atoms with E-state index in [1.807, 2.05) is 25.1 Å². The first kappa shape index (κ1) is 27.1. The molecule has 1 fully saturated rings. The minimum absolute atomic E-state index is 0.107. The summed E-state index contributed by atoms with van der Waals surface area (Å²) in [6.07, 6.45) is 1.35. The van der Waals surface area contributed by atoms with E-state index in [2.05, 4.69) is 14.6 Å². The molecule has 206 valence electrons. The summed E-state index contributed by atoms with van der Waals surface area (Å²) in [5.41, 5.74) is 0.802. The van der Waals surface area contributed by atoms with Crippen molar-refractivity contribution in [2.75, 3.05) is 31.1 Å². The van der Waals surface area contributed by atoms with Crippen LogP contribution in [0.25, 0.3) is 0 Å². The highest BCUT2D eigenvalue weighted by atomic mass is 32.2. The molecule has 10 heteroatoms. The van der Waals surface area contributed by atoms with Gasteiger partial charge in [-0.3, -0.25) is 4.79 Å². The van der Waals surface area contributed by atoms with Gasteiger partial charge in [-0.2, -0.15) is 0 Å². The normalized spacial score (nSPS) is 20.7. The predicted octanol–water partition coefficient (Wildman–Crippen LogP) is 3.16. The highest BCUT2D eigenvalue weighted by Crippen LogP contribution is 2.41. The molecule has 0 unspecified atom stereocenters. The molecule has 0 radical (unpaired) electrons. The summed E-state index contributed by atoms with van der Waals surface area (Å²) in [5, 5.41) is 11.2. The number of ether oxygens (including phenoxy) is 1. The van der Waals surface area contributed by atoms with E-state index in [9.17, 15) is 18.3 Å². The summed E-state index contributed by atoms with van der Waals surface area (Å²) >= 11 is 0. The van der Waals surface area contributed by atoms with Crippen molar-refractivity contribution in [2.45, 2.75) is 49.8 Å². The number of aryl methyl sites for hydroxylation is 1. The number of sulfonamides is 1. The van der Waals surface area contributed by atoms with E-state index >= 15 is 0 Å². The third-order valence-corrected chi connectivity index (χ3v) is 8.91. The number of aliphatic hydroxyl groups is 1. The molecule has 39 heavy (non-hydrogen) atoms. The third-order valence-electron chi connectivity index (χ3n) is 7.46. The number of benzene rings is 2. The molecule has 0 saturated carbocycles. The van der Waals surface area contributed by atoms with Crippen molar-refractivity contribution in [3.63, 3.8) is 0 Å². The van der Waals surface area contributed by atoms with Crippen LogP contribution >= 0.6 is 0 Å². The van der Waals surface area contributed by atoms with Crippen molar-refractivity contribution in [3.05, 3.63) is 83.6 Å². The molecule has 0 aliphatic carbocycles. The van der Waals surface area contributed by atoms with E-state index in [1.54, 1.807) is 67.4 Å². The molecule has 2 aliphatic heterocycles. The number of pyridine rings is 1. The largest absolute Gasteiger partial charge is 0.485 e. The van der Waals surface area contributed by atoms with Gasteiger partial charge >= 0.3 is 0 Å². The number of amides is 1. The van der Waals surface area contributed by atoms with Crippen LogP contribution in [0.3, 0.4) is 0 Å². The molecule has 2 atom stereocenters. The fourth-order valence-electron chi connectivity index (χ4n) is 5.06. The minimum Gasteiger partial charge on any atom is -0.485 e. The Morgan fingerprint density at radius 2 is 1.79 bits per heavy atom. The van der Waals surface area contributed by atoms with Gasteiger partial charge in [0, 0.05) is 43.5 Å². The quantitative estimate of drug-likeness (QED) is 0.485. The van der Waals surface area contributed by atoms with Gasteiger partial charge in [-0.25, -0.2) is 18.1 Å². The molecule has 9 nitrogen and oxygen atoms in total. The van der Waals surface area contributed by atoms with Gasteiger partial charge in [-0.15, -0.1) is 0 Å².